The van der Waals surface area contributed by atoms with Crippen molar-refractivity contribution >= 4 is 5.82 Å². The van der Waals surface area contributed by atoms with Gasteiger partial charge < -0.3 is 19.5 Å². The van der Waals surface area contributed by atoms with E-state index in [-0.39, 0.29) is 11.1 Å². The third-order valence-corrected chi connectivity index (χ3v) is 9.74. The van der Waals surface area contributed by atoms with E-state index in [9.17, 15) is 9.50 Å². The molecule has 5 aliphatic rings. The molecule has 7 nitrogen and oxygen atoms in total. The van der Waals surface area contributed by atoms with Gasteiger partial charge in [-0.15, -0.1) is 0 Å². The van der Waals surface area contributed by atoms with Crippen molar-refractivity contribution in [1.29, 1.82) is 0 Å². The van der Waals surface area contributed by atoms with Gasteiger partial charge in [-0.2, -0.15) is 9.97 Å². The van der Waals surface area contributed by atoms with Crippen LogP contribution in [-0.2, 0) is 29.8 Å². The highest BCUT2D eigenvalue weighted by Crippen LogP contribution is 2.46. The van der Waals surface area contributed by atoms with Crippen LogP contribution in [0, 0.1) is 0 Å². The van der Waals surface area contributed by atoms with Crippen molar-refractivity contribution in [3.05, 3.63) is 46.6 Å². The second-order valence-electron chi connectivity index (χ2n) is 12.6. The van der Waals surface area contributed by atoms with Crippen molar-refractivity contribution in [1.82, 2.24) is 14.9 Å². The van der Waals surface area contributed by atoms with Gasteiger partial charge in [-0.05, 0) is 69.5 Å². The monoisotopic (exact) mass is 522 g/mol. The number of piperidine rings is 1. The van der Waals surface area contributed by atoms with E-state index in [1.807, 2.05) is 6.92 Å². The first kappa shape index (κ1) is 24.7. The first-order chi connectivity index (χ1) is 18.3. The summed E-state index contributed by atoms with van der Waals surface area (Å²) in [5.74, 6) is 0.819. The first-order valence-corrected chi connectivity index (χ1v) is 14.5. The molecule has 0 amide bonds. The van der Waals surface area contributed by atoms with E-state index in [2.05, 4.69) is 34.1 Å². The highest BCUT2D eigenvalue weighted by atomic mass is 19.1. The summed E-state index contributed by atoms with van der Waals surface area (Å²) < 4.78 is 27.5. The third-order valence-electron chi connectivity index (χ3n) is 9.74. The highest BCUT2D eigenvalue weighted by Gasteiger charge is 2.50. The van der Waals surface area contributed by atoms with Crippen molar-refractivity contribution in [3.63, 3.8) is 0 Å². The summed E-state index contributed by atoms with van der Waals surface area (Å²) in [5, 5.41) is 10.9. The minimum atomic E-state index is -0.794. The van der Waals surface area contributed by atoms with Crippen LogP contribution in [0.3, 0.4) is 0 Å². The van der Waals surface area contributed by atoms with Gasteiger partial charge in [-0.3, -0.25) is 4.90 Å². The van der Waals surface area contributed by atoms with Gasteiger partial charge in [0.2, 0.25) is 0 Å². The van der Waals surface area contributed by atoms with E-state index < -0.39 is 11.8 Å². The SMILES string of the molecule is C[C@@]1(O)CCCN(c2nc(OC[C@@]34CCCN3C[C@H](F)C4)nc3c2CO[C@@]2(CCCc4ccccc42)C3)C1. The lowest BCUT2D eigenvalue weighted by Crippen LogP contribution is -2.47. The number of nitrogens with zero attached hydrogens (tertiary/aromatic N) is 4. The van der Waals surface area contributed by atoms with Gasteiger partial charge >= 0.3 is 6.01 Å². The number of benzene rings is 1. The molecule has 38 heavy (non-hydrogen) atoms. The Labute approximate surface area is 224 Å². The van der Waals surface area contributed by atoms with Crippen LogP contribution >= 0.6 is 0 Å². The summed E-state index contributed by atoms with van der Waals surface area (Å²) in [6.07, 6.45) is 7.25. The van der Waals surface area contributed by atoms with Crippen LogP contribution in [0.1, 0.15) is 74.3 Å². The highest BCUT2D eigenvalue weighted by molar-refractivity contribution is 5.52. The van der Waals surface area contributed by atoms with Crippen LogP contribution in [0.5, 0.6) is 6.01 Å². The molecule has 1 aliphatic carbocycles. The van der Waals surface area contributed by atoms with E-state index in [1.54, 1.807) is 0 Å². The van der Waals surface area contributed by atoms with Crippen molar-refractivity contribution in [3.8, 4) is 6.01 Å². The summed E-state index contributed by atoms with van der Waals surface area (Å²) in [4.78, 5) is 14.4. The zero-order valence-electron chi connectivity index (χ0n) is 22.4. The van der Waals surface area contributed by atoms with Crippen LogP contribution in [0.4, 0.5) is 10.2 Å². The Morgan fingerprint density at radius 2 is 2.00 bits per heavy atom. The fourth-order valence-electron chi connectivity index (χ4n) is 7.91. The number of alkyl halides is 1. The predicted octanol–water partition coefficient (Wildman–Crippen LogP) is 4.09. The Hall–Kier alpha value is -2.29. The molecule has 0 saturated carbocycles. The van der Waals surface area contributed by atoms with Gasteiger partial charge in [0.05, 0.1) is 29.0 Å². The predicted molar refractivity (Wildman–Crippen MR) is 142 cm³/mol. The first-order valence-electron chi connectivity index (χ1n) is 14.5. The molecule has 8 heteroatoms. The molecule has 3 fully saturated rings. The number of aromatic nitrogens is 2. The molecule has 2 aromatic rings. The molecule has 0 unspecified atom stereocenters. The molecule has 5 heterocycles. The van der Waals surface area contributed by atoms with Gasteiger partial charge in [-0.1, -0.05) is 24.3 Å². The quantitative estimate of drug-likeness (QED) is 0.649. The Balaban J connectivity index is 1.24. The summed E-state index contributed by atoms with van der Waals surface area (Å²) in [7, 11) is 0. The van der Waals surface area contributed by atoms with E-state index in [4.69, 9.17) is 19.4 Å². The van der Waals surface area contributed by atoms with E-state index in [0.29, 0.717) is 45.2 Å². The fraction of sp³-hybridized carbons (Fsp3) is 0.667. The molecule has 4 atom stereocenters. The fourth-order valence-corrected chi connectivity index (χ4v) is 7.91. The molecule has 204 valence electrons. The Kier molecular flexibility index (Phi) is 5.94. The molecule has 3 saturated heterocycles. The van der Waals surface area contributed by atoms with Crippen molar-refractivity contribution in [2.45, 2.75) is 94.2 Å². The second kappa shape index (κ2) is 9.14. The summed E-state index contributed by atoms with van der Waals surface area (Å²) in [5.41, 5.74) is 3.23. The average Bonchev–Trinajstić information content (AvgIpc) is 3.42. The number of anilines is 1. The number of halogens is 1. The molecule has 1 aromatic heterocycles. The smallest absolute Gasteiger partial charge is 0.318 e. The summed E-state index contributed by atoms with van der Waals surface area (Å²) in [6.45, 7) is 5.53. The van der Waals surface area contributed by atoms with Crippen molar-refractivity contribution < 1.29 is 19.0 Å². The zero-order chi connectivity index (χ0) is 26.0. The van der Waals surface area contributed by atoms with E-state index in [1.165, 1.54) is 11.1 Å². The number of aliphatic hydroxyl groups is 1. The van der Waals surface area contributed by atoms with Crippen LogP contribution in [-0.4, -0.2) is 70.1 Å². The number of fused-ring (bicyclic) bond motifs is 4. The van der Waals surface area contributed by atoms with Crippen molar-refractivity contribution in [2.75, 3.05) is 37.7 Å². The lowest BCUT2D eigenvalue weighted by atomic mass is 9.75. The summed E-state index contributed by atoms with van der Waals surface area (Å²) in [6, 6.07) is 9.01. The maximum Gasteiger partial charge on any atom is 0.318 e. The number of ether oxygens (including phenoxy) is 2. The van der Waals surface area contributed by atoms with Gasteiger partial charge in [0.15, 0.2) is 0 Å². The van der Waals surface area contributed by atoms with Crippen LogP contribution < -0.4 is 9.64 Å². The molecule has 1 N–H and O–H groups in total. The second-order valence-corrected chi connectivity index (χ2v) is 12.6. The number of aryl methyl sites for hydroxylation is 1. The Bertz CT molecular complexity index is 1220. The van der Waals surface area contributed by atoms with E-state index in [0.717, 1.165) is 75.1 Å². The molecule has 0 radical (unpaired) electrons. The minimum Gasteiger partial charge on any atom is -0.461 e. The minimum absolute atomic E-state index is 0.250. The molecule has 0 bridgehead atoms. The number of β-amino-alcohol motifs (C(OH)–C–C–N with tert-alkyl or cyclic N) is 1. The molecule has 4 aliphatic heterocycles. The topological polar surface area (TPSA) is 71.0 Å². The molecule has 1 aromatic carbocycles. The maximum atomic E-state index is 14.4. The Morgan fingerprint density at radius 3 is 2.89 bits per heavy atom. The molecular weight excluding hydrogens is 483 g/mol. The van der Waals surface area contributed by atoms with Gasteiger partial charge in [0.1, 0.15) is 18.6 Å². The normalized spacial score (nSPS) is 34.7. The molecule has 1 spiro atoms. The Morgan fingerprint density at radius 1 is 1.13 bits per heavy atom. The molecule has 7 rings (SSSR count). The van der Waals surface area contributed by atoms with Crippen LogP contribution in [0.2, 0.25) is 0 Å². The number of rotatable bonds is 4. The van der Waals surface area contributed by atoms with Gasteiger partial charge in [0.25, 0.3) is 0 Å². The maximum absolute atomic E-state index is 14.4. The lowest BCUT2D eigenvalue weighted by Gasteiger charge is -2.44. The average molecular weight is 523 g/mol. The van der Waals surface area contributed by atoms with Gasteiger partial charge in [-0.25, -0.2) is 4.39 Å². The summed E-state index contributed by atoms with van der Waals surface area (Å²) >= 11 is 0. The van der Waals surface area contributed by atoms with Crippen LogP contribution in [0.15, 0.2) is 24.3 Å². The van der Waals surface area contributed by atoms with E-state index >= 15 is 0 Å². The molecular formula is C30H39FN4O3. The number of hydrogen-bond acceptors (Lipinski definition) is 7. The largest absolute Gasteiger partial charge is 0.461 e. The van der Waals surface area contributed by atoms with Gasteiger partial charge in [0, 0.05) is 38.0 Å². The number of hydrogen-bond donors (Lipinski definition) is 1. The third kappa shape index (κ3) is 4.20. The lowest BCUT2D eigenvalue weighted by molar-refractivity contribution is -0.0856. The standard InChI is InChI=1S/C30H39FN4O3/c1-28(36)10-5-13-34(19-28)26-23-18-38-30(12-4-8-21-7-2-3-9-24(21)30)16-25(23)32-27(33-26)37-20-29-11-6-14-35(29)17-22(31)15-29/h2-3,7,9,22,36H,4-6,8,10-20H2,1H3/t22-,28-,29+,30+/m1/s1. The van der Waals surface area contributed by atoms with Crippen LogP contribution in [0.25, 0.3) is 0 Å². The van der Waals surface area contributed by atoms with Crippen molar-refractivity contribution in [2.24, 2.45) is 0 Å². The zero-order valence-corrected chi connectivity index (χ0v) is 22.4.